The maximum atomic E-state index is 12.5. The van der Waals surface area contributed by atoms with E-state index in [2.05, 4.69) is 43.4 Å². The molecule has 1 aromatic carbocycles. The van der Waals surface area contributed by atoms with Crippen LogP contribution in [0.25, 0.3) is 0 Å². The number of nitrogens with two attached hydrogens (primary N) is 1. The lowest BCUT2D eigenvalue weighted by Gasteiger charge is -2.43. The molecule has 2 aliphatic carbocycles. The maximum absolute atomic E-state index is 12.5. The molecule has 1 aromatic rings. The first-order chi connectivity index (χ1) is 11.0. The molecule has 134 valence electrons. The van der Waals surface area contributed by atoms with Crippen molar-refractivity contribution in [2.45, 2.75) is 64.5 Å². The molecule has 0 spiro atoms. The lowest BCUT2D eigenvalue weighted by atomic mass is 9.65. The molecule has 0 heterocycles. The SMILES string of the molecule is CC(C)c1ccc(CNC(=O)C2CC3CCCC(C2)C3N)cc1.Cl. The first-order valence-electron chi connectivity index (χ1n) is 9.16. The minimum atomic E-state index is 0. The molecular weight excluding hydrogens is 320 g/mol. The Hall–Kier alpha value is -1.06. The molecule has 4 heteroatoms. The van der Waals surface area contributed by atoms with Crippen LogP contribution in [0.1, 0.15) is 63.0 Å². The predicted molar refractivity (Wildman–Crippen MR) is 101 cm³/mol. The van der Waals surface area contributed by atoms with E-state index in [1.807, 2.05) is 0 Å². The van der Waals surface area contributed by atoms with E-state index in [4.69, 9.17) is 5.73 Å². The average molecular weight is 351 g/mol. The van der Waals surface area contributed by atoms with Crippen LogP contribution in [-0.2, 0) is 11.3 Å². The Bertz CT molecular complexity index is 529. The van der Waals surface area contributed by atoms with Crippen molar-refractivity contribution in [3.8, 4) is 0 Å². The van der Waals surface area contributed by atoms with Gasteiger partial charge in [-0.2, -0.15) is 0 Å². The molecular formula is C20H31ClN2O. The molecule has 0 radical (unpaired) electrons. The smallest absolute Gasteiger partial charge is 0.223 e. The van der Waals surface area contributed by atoms with Crippen LogP contribution in [0, 0.1) is 17.8 Å². The Morgan fingerprint density at radius 3 is 2.29 bits per heavy atom. The molecule has 0 saturated heterocycles. The average Bonchev–Trinajstić information content (AvgIpc) is 2.52. The summed E-state index contributed by atoms with van der Waals surface area (Å²) in [5, 5.41) is 3.14. The van der Waals surface area contributed by atoms with Crippen molar-refractivity contribution in [1.82, 2.24) is 5.32 Å². The van der Waals surface area contributed by atoms with E-state index in [1.54, 1.807) is 0 Å². The fraction of sp³-hybridized carbons (Fsp3) is 0.650. The van der Waals surface area contributed by atoms with Gasteiger partial charge in [0, 0.05) is 18.5 Å². The second-order valence-electron chi connectivity index (χ2n) is 7.81. The second-order valence-corrected chi connectivity index (χ2v) is 7.81. The number of hydrogen-bond donors (Lipinski definition) is 2. The predicted octanol–water partition coefficient (Wildman–Crippen LogP) is 4.00. The Morgan fingerprint density at radius 2 is 1.75 bits per heavy atom. The Morgan fingerprint density at radius 1 is 1.17 bits per heavy atom. The summed E-state index contributed by atoms with van der Waals surface area (Å²) in [6.07, 6.45) is 5.67. The third-order valence-electron chi connectivity index (χ3n) is 5.90. The Labute approximate surface area is 152 Å². The van der Waals surface area contributed by atoms with Crippen molar-refractivity contribution in [3.63, 3.8) is 0 Å². The molecule has 3 nitrogen and oxygen atoms in total. The number of halogens is 1. The van der Waals surface area contributed by atoms with E-state index in [9.17, 15) is 4.79 Å². The van der Waals surface area contributed by atoms with Gasteiger partial charge in [-0.3, -0.25) is 4.79 Å². The van der Waals surface area contributed by atoms with E-state index < -0.39 is 0 Å². The van der Waals surface area contributed by atoms with E-state index in [0.29, 0.717) is 30.3 Å². The van der Waals surface area contributed by atoms with Crippen LogP contribution in [-0.4, -0.2) is 11.9 Å². The van der Waals surface area contributed by atoms with E-state index in [-0.39, 0.29) is 24.2 Å². The highest BCUT2D eigenvalue weighted by Gasteiger charge is 2.40. The summed E-state index contributed by atoms with van der Waals surface area (Å²) in [5.74, 6) is 2.05. The summed E-state index contributed by atoms with van der Waals surface area (Å²) in [6, 6.07) is 8.91. The molecule has 2 unspecified atom stereocenters. The van der Waals surface area contributed by atoms with E-state index in [0.717, 1.165) is 12.8 Å². The van der Waals surface area contributed by atoms with Crippen molar-refractivity contribution < 1.29 is 4.79 Å². The van der Waals surface area contributed by atoms with Gasteiger partial charge in [0.15, 0.2) is 0 Å². The number of carbonyl (C=O) groups excluding carboxylic acids is 1. The minimum Gasteiger partial charge on any atom is -0.352 e. The van der Waals surface area contributed by atoms with Gasteiger partial charge >= 0.3 is 0 Å². The first-order valence-corrected chi connectivity index (χ1v) is 9.16. The van der Waals surface area contributed by atoms with Gasteiger partial charge < -0.3 is 11.1 Å². The molecule has 2 fully saturated rings. The quantitative estimate of drug-likeness (QED) is 0.862. The van der Waals surface area contributed by atoms with E-state index >= 15 is 0 Å². The first kappa shape index (κ1) is 19.3. The van der Waals surface area contributed by atoms with Crippen LogP contribution >= 0.6 is 12.4 Å². The van der Waals surface area contributed by atoms with E-state index in [1.165, 1.54) is 30.4 Å². The summed E-state index contributed by atoms with van der Waals surface area (Å²) in [7, 11) is 0. The second kappa shape index (κ2) is 8.35. The number of hydrogen-bond acceptors (Lipinski definition) is 2. The fourth-order valence-corrected chi connectivity index (χ4v) is 4.36. The van der Waals surface area contributed by atoms with Gasteiger partial charge in [0.05, 0.1) is 0 Å². The lowest BCUT2D eigenvalue weighted by Crippen LogP contribution is -2.49. The van der Waals surface area contributed by atoms with Gasteiger partial charge in [0.1, 0.15) is 0 Å². The topological polar surface area (TPSA) is 55.1 Å². The third kappa shape index (κ3) is 4.31. The van der Waals surface area contributed by atoms with Crippen LogP contribution in [0.2, 0.25) is 0 Å². The van der Waals surface area contributed by atoms with Crippen LogP contribution < -0.4 is 11.1 Å². The summed E-state index contributed by atoms with van der Waals surface area (Å²) in [4.78, 5) is 12.5. The number of carbonyl (C=O) groups is 1. The molecule has 1 amide bonds. The number of nitrogens with one attached hydrogen (secondary N) is 1. The zero-order valence-electron chi connectivity index (χ0n) is 14.8. The van der Waals surface area contributed by atoms with Gasteiger partial charge in [-0.15, -0.1) is 12.4 Å². The molecule has 2 bridgehead atoms. The summed E-state index contributed by atoms with van der Waals surface area (Å²) >= 11 is 0. The van der Waals surface area contributed by atoms with Crippen molar-refractivity contribution >= 4 is 18.3 Å². The number of rotatable bonds is 4. The maximum Gasteiger partial charge on any atom is 0.223 e. The normalized spacial score (nSPS) is 29.0. The fourth-order valence-electron chi connectivity index (χ4n) is 4.36. The van der Waals surface area contributed by atoms with Gasteiger partial charge in [-0.05, 0) is 54.6 Å². The molecule has 3 rings (SSSR count). The molecule has 2 aliphatic rings. The molecule has 2 saturated carbocycles. The Kier molecular flexibility index (Phi) is 6.70. The molecule has 24 heavy (non-hydrogen) atoms. The van der Waals surface area contributed by atoms with Crippen LogP contribution in [0.15, 0.2) is 24.3 Å². The van der Waals surface area contributed by atoms with Crippen molar-refractivity contribution in [2.75, 3.05) is 0 Å². The summed E-state index contributed by atoms with van der Waals surface area (Å²) < 4.78 is 0. The summed E-state index contributed by atoms with van der Waals surface area (Å²) in [5.41, 5.74) is 8.84. The van der Waals surface area contributed by atoms with Crippen molar-refractivity contribution in [1.29, 1.82) is 0 Å². The Balaban J connectivity index is 0.00000208. The van der Waals surface area contributed by atoms with Gasteiger partial charge in [0.25, 0.3) is 0 Å². The number of benzene rings is 1. The monoisotopic (exact) mass is 350 g/mol. The number of amides is 1. The van der Waals surface area contributed by atoms with Gasteiger partial charge in [0.2, 0.25) is 5.91 Å². The lowest BCUT2D eigenvalue weighted by molar-refractivity contribution is -0.128. The highest BCUT2D eigenvalue weighted by Crippen LogP contribution is 2.41. The largest absolute Gasteiger partial charge is 0.352 e. The van der Waals surface area contributed by atoms with Crippen LogP contribution in [0.5, 0.6) is 0 Å². The zero-order valence-corrected chi connectivity index (χ0v) is 15.6. The van der Waals surface area contributed by atoms with Gasteiger partial charge in [-0.1, -0.05) is 44.5 Å². The molecule has 3 N–H and O–H groups in total. The highest BCUT2D eigenvalue weighted by molar-refractivity contribution is 5.85. The molecule has 0 aliphatic heterocycles. The highest BCUT2D eigenvalue weighted by atomic mass is 35.5. The summed E-state index contributed by atoms with van der Waals surface area (Å²) in [6.45, 7) is 5.03. The van der Waals surface area contributed by atoms with Crippen molar-refractivity contribution in [3.05, 3.63) is 35.4 Å². The van der Waals surface area contributed by atoms with Gasteiger partial charge in [-0.25, -0.2) is 0 Å². The minimum absolute atomic E-state index is 0. The van der Waals surface area contributed by atoms with Crippen LogP contribution in [0.4, 0.5) is 0 Å². The number of fused-ring (bicyclic) bond motifs is 2. The molecule has 0 aromatic heterocycles. The molecule has 2 atom stereocenters. The van der Waals surface area contributed by atoms with Crippen LogP contribution in [0.3, 0.4) is 0 Å². The zero-order chi connectivity index (χ0) is 16.4. The third-order valence-corrected chi connectivity index (χ3v) is 5.90. The van der Waals surface area contributed by atoms with Crippen molar-refractivity contribution in [2.24, 2.45) is 23.5 Å². The standard InChI is InChI=1S/C20H30N2O.ClH/c1-13(2)15-8-6-14(7-9-15)12-22-20(23)18-10-16-4-3-5-17(11-18)19(16)21;/h6-9,13,16-19H,3-5,10-12,21H2,1-2H3,(H,22,23);1H.